The van der Waals surface area contributed by atoms with E-state index in [-0.39, 0.29) is 12.2 Å². The zero-order chi connectivity index (χ0) is 14.6. The fraction of sp³-hybridized carbons (Fsp3) is 0.214. The summed E-state index contributed by atoms with van der Waals surface area (Å²) in [6, 6.07) is 10.7. The van der Waals surface area contributed by atoms with E-state index in [1.807, 2.05) is 30.3 Å². The van der Waals surface area contributed by atoms with Gasteiger partial charge in [-0.25, -0.2) is 0 Å². The number of pyridine rings is 1. The molecular formula is C14H15N3O3. The summed E-state index contributed by atoms with van der Waals surface area (Å²) in [5.41, 5.74) is -0.167. The quantitative estimate of drug-likeness (QED) is 0.644. The molecule has 0 spiro atoms. The van der Waals surface area contributed by atoms with Crippen molar-refractivity contribution in [1.82, 2.24) is 4.98 Å². The van der Waals surface area contributed by atoms with E-state index >= 15 is 0 Å². The Morgan fingerprint density at radius 1 is 1.35 bits per heavy atom. The zero-order valence-electron chi connectivity index (χ0n) is 11.0. The fourth-order valence-electron chi connectivity index (χ4n) is 1.85. The van der Waals surface area contributed by atoms with Gasteiger partial charge in [-0.2, -0.15) is 0 Å². The van der Waals surface area contributed by atoms with Crippen LogP contribution in [-0.4, -0.2) is 21.6 Å². The highest BCUT2D eigenvalue weighted by Gasteiger charge is 2.24. The number of nitro groups is 1. The smallest absolute Gasteiger partial charge is 0.310 e. The van der Waals surface area contributed by atoms with Crippen molar-refractivity contribution in [1.29, 1.82) is 0 Å². The average molecular weight is 273 g/mol. The van der Waals surface area contributed by atoms with Gasteiger partial charge in [0.05, 0.1) is 4.92 Å². The zero-order valence-corrected chi connectivity index (χ0v) is 11.0. The molecule has 0 fully saturated rings. The van der Waals surface area contributed by atoms with Crippen LogP contribution in [0.15, 0.2) is 48.8 Å². The van der Waals surface area contributed by atoms with Crippen LogP contribution in [0.25, 0.3) is 0 Å². The first-order valence-electron chi connectivity index (χ1n) is 6.11. The lowest BCUT2D eigenvalue weighted by atomic mass is 9.96. The summed E-state index contributed by atoms with van der Waals surface area (Å²) in [4.78, 5) is 14.1. The molecule has 0 bridgehead atoms. The maximum atomic E-state index is 10.9. The molecular weight excluding hydrogens is 258 g/mol. The van der Waals surface area contributed by atoms with E-state index in [9.17, 15) is 15.2 Å². The molecule has 1 unspecified atom stereocenters. The predicted molar refractivity (Wildman–Crippen MR) is 75.4 cm³/mol. The highest BCUT2D eigenvalue weighted by atomic mass is 16.6. The molecule has 1 atom stereocenters. The monoisotopic (exact) mass is 273 g/mol. The van der Waals surface area contributed by atoms with Gasteiger partial charge in [-0.15, -0.1) is 0 Å². The minimum atomic E-state index is -1.13. The molecule has 0 radical (unpaired) electrons. The van der Waals surface area contributed by atoms with E-state index < -0.39 is 10.5 Å². The molecule has 2 rings (SSSR count). The van der Waals surface area contributed by atoms with E-state index in [1.54, 1.807) is 6.92 Å². The predicted octanol–water partition coefficient (Wildman–Crippen LogP) is 2.31. The summed E-state index contributed by atoms with van der Waals surface area (Å²) in [6.07, 6.45) is 2.64. The van der Waals surface area contributed by atoms with E-state index in [1.165, 1.54) is 18.5 Å². The molecule has 6 heteroatoms. The first-order valence-corrected chi connectivity index (χ1v) is 6.11. The number of anilines is 1. The summed E-state index contributed by atoms with van der Waals surface area (Å²) >= 11 is 0. The van der Waals surface area contributed by atoms with Crippen LogP contribution >= 0.6 is 0 Å². The molecule has 104 valence electrons. The Morgan fingerprint density at radius 3 is 2.70 bits per heavy atom. The molecule has 0 amide bonds. The molecule has 1 heterocycles. The Morgan fingerprint density at radius 2 is 2.05 bits per heavy atom. The number of benzene rings is 1. The summed E-state index contributed by atoms with van der Waals surface area (Å²) in [5.74, 6) is 0. The summed E-state index contributed by atoms with van der Waals surface area (Å²) < 4.78 is 0. The van der Waals surface area contributed by atoms with Crippen molar-refractivity contribution < 1.29 is 10.0 Å². The summed E-state index contributed by atoms with van der Waals surface area (Å²) in [6.45, 7) is 1.81. The second-order valence-corrected chi connectivity index (χ2v) is 4.64. The molecule has 0 aliphatic carbocycles. The fourth-order valence-corrected chi connectivity index (χ4v) is 1.85. The van der Waals surface area contributed by atoms with Crippen LogP contribution in [0.5, 0.6) is 0 Å². The van der Waals surface area contributed by atoms with Gasteiger partial charge in [0, 0.05) is 12.7 Å². The van der Waals surface area contributed by atoms with Crippen molar-refractivity contribution in [2.24, 2.45) is 0 Å². The SMILES string of the molecule is CC(O)(CNc1ccncc1[N+](=O)[O-])c1ccccc1. The second-order valence-electron chi connectivity index (χ2n) is 4.64. The van der Waals surface area contributed by atoms with Crippen LogP contribution in [-0.2, 0) is 5.60 Å². The Balaban J connectivity index is 2.15. The van der Waals surface area contributed by atoms with Gasteiger partial charge in [0.25, 0.3) is 0 Å². The third kappa shape index (κ3) is 3.10. The molecule has 0 aliphatic heterocycles. The van der Waals surface area contributed by atoms with E-state index in [2.05, 4.69) is 10.3 Å². The number of rotatable bonds is 5. The van der Waals surface area contributed by atoms with Crippen LogP contribution in [0.3, 0.4) is 0 Å². The number of hydrogen-bond acceptors (Lipinski definition) is 5. The molecule has 0 aliphatic rings. The molecule has 6 nitrogen and oxygen atoms in total. The van der Waals surface area contributed by atoms with Crippen LogP contribution in [0.4, 0.5) is 11.4 Å². The maximum Gasteiger partial charge on any atom is 0.310 e. The van der Waals surface area contributed by atoms with Gasteiger partial charge in [0.15, 0.2) is 0 Å². The Bertz CT molecular complexity index is 600. The van der Waals surface area contributed by atoms with Gasteiger partial charge in [-0.3, -0.25) is 15.1 Å². The van der Waals surface area contributed by atoms with Crippen LogP contribution in [0.2, 0.25) is 0 Å². The molecule has 2 aromatic rings. The van der Waals surface area contributed by atoms with Gasteiger partial charge >= 0.3 is 5.69 Å². The number of aliphatic hydroxyl groups is 1. The van der Waals surface area contributed by atoms with Gasteiger partial charge in [0.2, 0.25) is 0 Å². The topological polar surface area (TPSA) is 88.3 Å². The minimum Gasteiger partial charge on any atom is -0.384 e. The van der Waals surface area contributed by atoms with E-state index in [4.69, 9.17) is 0 Å². The van der Waals surface area contributed by atoms with E-state index in [0.717, 1.165) is 5.56 Å². The molecule has 2 N–H and O–H groups in total. The molecule has 1 aromatic carbocycles. The van der Waals surface area contributed by atoms with Crippen molar-refractivity contribution in [2.75, 3.05) is 11.9 Å². The van der Waals surface area contributed by atoms with Crippen molar-refractivity contribution in [2.45, 2.75) is 12.5 Å². The third-order valence-electron chi connectivity index (χ3n) is 3.02. The van der Waals surface area contributed by atoms with Gasteiger partial charge < -0.3 is 10.4 Å². The first kappa shape index (κ1) is 14.0. The normalized spacial score (nSPS) is 13.5. The largest absolute Gasteiger partial charge is 0.384 e. The molecule has 0 saturated carbocycles. The van der Waals surface area contributed by atoms with Crippen LogP contribution in [0, 0.1) is 10.1 Å². The summed E-state index contributed by atoms with van der Waals surface area (Å²) in [7, 11) is 0. The number of nitrogens with one attached hydrogen (secondary N) is 1. The minimum absolute atomic E-state index is 0.114. The van der Waals surface area contributed by atoms with Crippen LogP contribution < -0.4 is 5.32 Å². The number of hydrogen-bond donors (Lipinski definition) is 2. The van der Waals surface area contributed by atoms with Gasteiger partial charge in [-0.1, -0.05) is 30.3 Å². The number of aromatic nitrogens is 1. The first-order chi connectivity index (χ1) is 9.50. The molecule has 0 saturated heterocycles. The Kier molecular flexibility index (Phi) is 3.95. The Hall–Kier alpha value is -2.47. The van der Waals surface area contributed by atoms with Crippen molar-refractivity contribution in [3.8, 4) is 0 Å². The maximum absolute atomic E-state index is 10.9. The molecule has 1 aromatic heterocycles. The van der Waals surface area contributed by atoms with Crippen molar-refractivity contribution in [3.63, 3.8) is 0 Å². The number of nitrogens with zero attached hydrogens (tertiary/aromatic N) is 2. The van der Waals surface area contributed by atoms with Crippen LogP contribution in [0.1, 0.15) is 12.5 Å². The highest BCUT2D eigenvalue weighted by Crippen LogP contribution is 2.25. The lowest BCUT2D eigenvalue weighted by Crippen LogP contribution is -2.30. The lowest BCUT2D eigenvalue weighted by Gasteiger charge is -2.24. The second kappa shape index (κ2) is 5.66. The third-order valence-corrected chi connectivity index (χ3v) is 3.02. The van der Waals surface area contributed by atoms with Gasteiger partial charge in [-0.05, 0) is 18.6 Å². The van der Waals surface area contributed by atoms with Gasteiger partial charge in [0.1, 0.15) is 17.5 Å². The molecule has 20 heavy (non-hydrogen) atoms. The van der Waals surface area contributed by atoms with Crippen molar-refractivity contribution in [3.05, 3.63) is 64.5 Å². The van der Waals surface area contributed by atoms with Crippen molar-refractivity contribution >= 4 is 11.4 Å². The standard InChI is InChI=1S/C14H15N3O3/c1-14(18,11-5-3-2-4-6-11)10-16-12-7-8-15-9-13(12)17(19)20/h2-9,18H,10H2,1H3,(H,15,16). The average Bonchev–Trinajstić information content (AvgIpc) is 2.46. The lowest BCUT2D eigenvalue weighted by molar-refractivity contribution is -0.384. The van der Waals surface area contributed by atoms with E-state index in [0.29, 0.717) is 5.69 Å². The highest BCUT2D eigenvalue weighted by molar-refractivity contribution is 5.59. The summed E-state index contributed by atoms with van der Waals surface area (Å²) in [5, 5.41) is 24.2. The Labute approximate surface area is 116 Å².